The summed E-state index contributed by atoms with van der Waals surface area (Å²) in [5.41, 5.74) is 0.676. The number of morpholine rings is 1. The van der Waals surface area contributed by atoms with E-state index in [4.69, 9.17) is 32.7 Å². The number of aromatic nitrogens is 1. The Morgan fingerprint density at radius 3 is 3.00 bits per heavy atom. The van der Waals surface area contributed by atoms with E-state index < -0.39 is 0 Å². The molecule has 2 heterocycles. The first-order valence-corrected chi connectivity index (χ1v) is 8.99. The summed E-state index contributed by atoms with van der Waals surface area (Å²) in [5, 5.41) is 3.86. The summed E-state index contributed by atoms with van der Waals surface area (Å²) in [6.07, 6.45) is 1.52. The van der Waals surface area contributed by atoms with Crippen LogP contribution < -0.4 is 10.1 Å². The summed E-state index contributed by atoms with van der Waals surface area (Å²) in [6, 6.07) is 8.85. The van der Waals surface area contributed by atoms with Crippen molar-refractivity contribution in [2.45, 2.75) is 13.0 Å². The molecule has 1 unspecified atom stereocenters. The lowest BCUT2D eigenvalue weighted by Crippen LogP contribution is -2.46. The molecule has 6 nitrogen and oxygen atoms in total. The van der Waals surface area contributed by atoms with Gasteiger partial charge in [-0.3, -0.25) is 4.79 Å². The van der Waals surface area contributed by atoms with E-state index in [2.05, 4.69) is 10.3 Å². The van der Waals surface area contributed by atoms with Crippen molar-refractivity contribution in [2.75, 3.05) is 31.6 Å². The zero-order valence-corrected chi connectivity index (χ0v) is 15.8. The third-order valence-corrected chi connectivity index (χ3v) is 4.37. The van der Waals surface area contributed by atoms with Crippen LogP contribution in [0.15, 0.2) is 36.5 Å². The van der Waals surface area contributed by atoms with Gasteiger partial charge in [0.15, 0.2) is 5.75 Å². The first-order valence-electron chi connectivity index (χ1n) is 8.24. The topological polar surface area (TPSA) is 63.7 Å². The Bertz CT molecular complexity index is 788. The summed E-state index contributed by atoms with van der Waals surface area (Å²) in [7, 11) is 0. The van der Waals surface area contributed by atoms with E-state index >= 15 is 0 Å². The van der Waals surface area contributed by atoms with Crippen LogP contribution >= 0.6 is 23.2 Å². The molecule has 1 N–H and O–H groups in total. The van der Waals surface area contributed by atoms with E-state index in [9.17, 15) is 4.79 Å². The number of benzene rings is 1. The second-order valence-electron chi connectivity index (χ2n) is 5.91. The van der Waals surface area contributed by atoms with Crippen LogP contribution in [0.3, 0.4) is 0 Å². The number of rotatable bonds is 5. The molecule has 0 bridgehead atoms. The zero-order valence-electron chi connectivity index (χ0n) is 14.2. The lowest BCUT2D eigenvalue weighted by molar-refractivity contribution is -0.136. The van der Waals surface area contributed by atoms with E-state index in [1.54, 1.807) is 17.0 Å². The fourth-order valence-corrected chi connectivity index (χ4v) is 3.03. The van der Waals surface area contributed by atoms with Gasteiger partial charge in [0.05, 0.1) is 30.0 Å². The number of hydrogen-bond acceptors (Lipinski definition) is 5. The van der Waals surface area contributed by atoms with Crippen LogP contribution in [0.25, 0.3) is 0 Å². The molecule has 8 heteroatoms. The van der Waals surface area contributed by atoms with Crippen LogP contribution in [0, 0.1) is 0 Å². The summed E-state index contributed by atoms with van der Waals surface area (Å²) < 4.78 is 11.2. The van der Waals surface area contributed by atoms with E-state index in [0.717, 1.165) is 0 Å². The molecule has 0 spiro atoms. The van der Waals surface area contributed by atoms with Crippen molar-refractivity contribution in [2.24, 2.45) is 0 Å². The Morgan fingerprint density at radius 1 is 1.42 bits per heavy atom. The molecule has 1 saturated heterocycles. The van der Waals surface area contributed by atoms with Crippen LogP contribution in [0.2, 0.25) is 10.0 Å². The molecule has 1 aromatic carbocycles. The van der Waals surface area contributed by atoms with Crippen molar-refractivity contribution in [1.82, 2.24) is 9.88 Å². The molecule has 0 saturated carbocycles. The predicted molar refractivity (Wildman–Crippen MR) is 101 cm³/mol. The number of halogens is 2. The molecule has 26 heavy (non-hydrogen) atoms. The van der Waals surface area contributed by atoms with Crippen molar-refractivity contribution < 1.29 is 14.3 Å². The molecule has 1 amide bonds. The lowest BCUT2D eigenvalue weighted by atomic mass is 10.2. The molecule has 2 aromatic rings. The molecule has 0 radical (unpaired) electrons. The molecule has 1 aliphatic heterocycles. The zero-order chi connectivity index (χ0) is 18.5. The van der Waals surface area contributed by atoms with Crippen molar-refractivity contribution in [3.05, 3.63) is 46.6 Å². The quantitative estimate of drug-likeness (QED) is 0.832. The van der Waals surface area contributed by atoms with Crippen LogP contribution in [-0.4, -0.2) is 48.1 Å². The number of hydrogen-bond donors (Lipinski definition) is 1. The molecule has 1 aliphatic rings. The van der Waals surface area contributed by atoms with Crippen molar-refractivity contribution >= 4 is 34.8 Å². The minimum Gasteiger partial charge on any atom is -0.435 e. The summed E-state index contributed by atoms with van der Waals surface area (Å²) in [5.74, 6) is 0.781. The molecular formula is C18H19Cl2N3O3. The van der Waals surface area contributed by atoms with E-state index in [-0.39, 0.29) is 24.4 Å². The molecule has 3 rings (SSSR count). The second kappa shape index (κ2) is 8.58. The fourth-order valence-electron chi connectivity index (χ4n) is 2.61. The molecule has 1 fully saturated rings. The fraction of sp³-hybridized carbons (Fsp3) is 0.333. The standard InChI is InChI=1S/C18H19Cl2N3O3/c1-12-11-23(6-7-25-12)17(24)10-21-15-4-2-3-5-16(15)26-18-14(20)8-13(19)9-22-18/h2-5,8-9,12,21H,6-7,10-11H2,1H3. The Hall–Kier alpha value is -2.02. The third-order valence-electron chi connectivity index (χ3n) is 3.89. The van der Waals surface area contributed by atoms with Gasteiger partial charge in [-0.25, -0.2) is 4.98 Å². The number of nitrogens with zero attached hydrogens (tertiary/aromatic N) is 2. The second-order valence-corrected chi connectivity index (χ2v) is 6.76. The van der Waals surface area contributed by atoms with Crippen molar-refractivity contribution in [1.29, 1.82) is 0 Å². The first kappa shape index (κ1) is 18.8. The van der Waals surface area contributed by atoms with Gasteiger partial charge in [-0.05, 0) is 25.1 Å². The summed E-state index contributed by atoms with van der Waals surface area (Å²) in [6.45, 7) is 3.89. The first-order chi connectivity index (χ1) is 12.5. The Morgan fingerprint density at radius 2 is 2.23 bits per heavy atom. The monoisotopic (exact) mass is 395 g/mol. The van der Waals surface area contributed by atoms with Gasteiger partial charge in [-0.2, -0.15) is 0 Å². The van der Waals surface area contributed by atoms with Gasteiger partial charge >= 0.3 is 0 Å². The maximum Gasteiger partial charge on any atom is 0.242 e. The number of ether oxygens (including phenoxy) is 2. The average molecular weight is 396 g/mol. The Kier molecular flexibility index (Phi) is 6.19. The average Bonchev–Trinajstić information content (AvgIpc) is 2.63. The maximum absolute atomic E-state index is 12.4. The highest BCUT2D eigenvalue weighted by Gasteiger charge is 2.21. The number of carbonyl (C=O) groups is 1. The molecule has 138 valence electrons. The number of amides is 1. The van der Waals surface area contributed by atoms with Crippen LogP contribution in [0.4, 0.5) is 5.69 Å². The third kappa shape index (κ3) is 4.78. The van der Waals surface area contributed by atoms with Crippen LogP contribution in [0.5, 0.6) is 11.6 Å². The van der Waals surface area contributed by atoms with Crippen molar-refractivity contribution in [3.63, 3.8) is 0 Å². The van der Waals surface area contributed by atoms with E-state index in [1.807, 2.05) is 25.1 Å². The molecular weight excluding hydrogens is 377 g/mol. The molecule has 0 aliphatic carbocycles. The molecule has 1 aromatic heterocycles. The number of pyridine rings is 1. The minimum atomic E-state index is 0.0117. The Balaban J connectivity index is 1.66. The van der Waals surface area contributed by atoms with Gasteiger partial charge < -0.3 is 19.7 Å². The molecule has 1 atom stereocenters. The van der Waals surface area contributed by atoms with Gasteiger partial charge in [0.2, 0.25) is 11.8 Å². The van der Waals surface area contributed by atoms with Gasteiger partial charge in [-0.15, -0.1) is 0 Å². The van der Waals surface area contributed by atoms with Crippen LogP contribution in [0.1, 0.15) is 6.92 Å². The van der Waals surface area contributed by atoms with Crippen LogP contribution in [-0.2, 0) is 9.53 Å². The smallest absolute Gasteiger partial charge is 0.242 e. The summed E-state index contributed by atoms with van der Waals surface area (Å²) in [4.78, 5) is 18.3. The van der Waals surface area contributed by atoms with E-state index in [0.29, 0.717) is 41.2 Å². The van der Waals surface area contributed by atoms with Crippen molar-refractivity contribution in [3.8, 4) is 11.6 Å². The summed E-state index contributed by atoms with van der Waals surface area (Å²) >= 11 is 12.0. The number of carbonyl (C=O) groups excluding carboxylic acids is 1. The van der Waals surface area contributed by atoms with E-state index in [1.165, 1.54) is 6.20 Å². The van der Waals surface area contributed by atoms with Gasteiger partial charge in [-0.1, -0.05) is 35.3 Å². The lowest BCUT2D eigenvalue weighted by Gasteiger charge is -2.31. The highest BCUT2D eigenvalue weighted by Crippen LogP contribution is 2.33. The minimum absolute atomic E-state index is 0.0117. The SMILES string of the molecule is CC1CN(C(=O)CNc2ccccc2Oc2ncc(Cl)cc2Cl)CCO1. The maximum atomic E-state index is 12.4. The number of anilines is 1. The highest BCUT2D eigenvalue weighted by atomic mass is 35.5. The number of para-hydroxylation sites is 2. The predicted octanol–water partition coefficient (Wildman–Crippen LogP) is 3.84. The Labute approximate surface area is 162 Å². The van der Waals surface area contributed by atoms with Gasteiger partial charge in [0.25, 0.3) is 0 Å². The normalized spacial score (nSPS) is 17.0. The van der Waals surface area contributed by atoms with Gasteiger partial charge in [0.1, 0.15) is 5.02 Å². The highest BCUT2D eigenvalue weighted by molar-refractivity contribution is 6.35. The number of nitrogens with one attached hydrogen (secondary N) is 1. The largest absolute Gasteiger partial charge is 0.435 e. The van der Waals surface area contributed by atoms with Gasteiger partial charge in [0, 0.05) is 19.3 Å².